The molecule has 0 bridgehead atoms. The number of nitrogens with zero attached hydrogens (tertiary/aromatic N) is 2. The first-order chi connectivity index (χ1) is 21.6. The molecule has 1 atom stereocenters. The lowest BCUT2D eigenvalue weighted by Crippen LogP contribution is -2.30. The molecular formula is C35H38N4O6. The molecule has 4 aromatic rings. The van der Waals surface area contributed by atoms with Crippen LogP contribution in [-0.2, 0) is 22.4 Å². The molecule has 1 aliphatic carbocycles. The predicted octanol–water partition coefficient (Wildman–Crippen LogP) is 6.32. The van der Waals surface area contributed by atoms with Gasteiger partial charge in [-0.05, 0) is 84.5 Å². The van der Waals surface area contributed by atoms with E-state index in [0.717, 1.165) is 40.9 Å². The number of rotatable bonds is 10. The quantitative estimate of drug-likeness (QED) is 0.190. The second kappa shape index (κ2) is 15.4. The Labute approximate surface area is 262 Å². The average Bonchev–Trinajstić information content (AvgIpc) is 3.41. The number of anilines is 2. The molecule has 1 unspecified atom stereocenters. The number of methoxy groups -OCH3 is 1. The summed E-state index contributed by atoms with van der Waals surface area (Å²) in [6, 6.07) is 20.1. The van der Waals surface area contributed by atoms with Crippen LogP contribution in [0.1, 0.15) is 41.8 Å². The Hall–Kier alpha value is -5.38. The summed E-state index contributed by atoms with van der Waals surface area (Å²) in [5.41, 5.74) is 5.38. The van der Waals surface area contributed by atoms with E-state index in [2.05, 4.69) is 28.6 Å². The van der Waals surface area contributed by atoms with Gasteiger partial charge in [0.1, 0.15) is 11.3 Å². The smallest absolute Gasteiger partial charge is 0.335 e. The van der Waals surface area contributed by atoms with Gasteiger partial charge in [-0.25, -0.2) is 4.79 Å². The highest BCUT2D eigenvalue weighted by Gasteiger charge is 2.14. The zero-order chi connectivity index (χ0) is 32.3. The number of benzene rings is 3. The molecule has 0 fully saturated rings. The van der Waals surface area contributed by atoms with Gasteiger partial charge in [0.05, 0.1) is 19.1 Å². The van der Waals surface area contributed by atoms with Crippen molar-refractivity contribution in [1.29, 1.82) is 0 Å². The first kappa shape index (κ1) is 32.5. The number of nitrogens with one attached hydrogen (secondary N) is 2. The Kier molecular flexibility index (Phi) is 11.1. The summed E-state index contributed by atoms with van der Waals surface area (Å²) >= 11 is 0. The van der Waals surface area contributed by atoms with Gasteiger partial charge in [0.25, 0.3) is 6.01 Å². The van der Waals surface area contributed by atoms with Crippen molar-refractivity contribution in [3.8, 4) is 5.75 Å². The molecule has 0 radical (unpaired) electrons. The van der Waals surface area contributed by atoms with E-state index in [1.165, 1.54) is 19.1 Å². The fourth-order valence-electron chi connectivity index (χ4n) is 4.67. The van der Waals surface area contributed by atoms with Gasteiger partial charge in [0, 0.05) is 31.9 Å². The lowest BCUT2D eigenvalue weighted by Gasteiger charge is -2.17. The van der Waals surface area contributed by atoms with Crippen LogP contribution < -0.4 is 15.4 Å². The van der Waals surface area contributed by atoms with E-state index < -0.39 is 5.97 Å². The summed E-state index contributed by atoms with van der Waals surface area (Å²) in [4.78, 5) is 40.1. The molecule has 10 heteroatoms. The third-order valence-electron chi connectivity index (χ3n) is 7.10. The molecular weight excluding hydrogens is 572 g/mol. The molecule has 1 aromatic heterocycles. The number of carbonyl (C=O) groups excluding carboxylic acids is 2. The molecule has 2 amide bonds. The van der Waals surface area contributed by atoms with Gasteiger partial charge in [-0.2, -0.15) is 4.98 Å². The van der Waals surface area contributed by atoms with Crippen molar-refractivity contribution in [1.82, 2.24) is 9.88 Å². The number of likely N-dealkylation sites (N-methyl/N-ethyl adjacent to an activating group) is 1. The van der Waals surface area contributed by atoms with Crippen LogP contribution in [0.3, 0.4) is 0 Å². The number of fused-ring (bicyclic) bond motifs is 1. The van der Waals surface area contributed by atoms with Gasteiger partial charge in [0.2, 0.25) is 11.8 Å². The highest BCUT2D eigenvalue weighted by atomic mass is 16.5. The van der Waals surface area contributed by atoms with E-state index >= 15 is 0 Å². The topological polar surface area (TPSA) is 134 Å². The normalized spacial score (nSPS) is 13.7. The van der Waals surface area contributed by atoms with Gasteiger partial charge < -0.3 is 29.8 Å². The van der Waals surface area contributed by atoms with E-state index in [9.17, 15) is 14.4 Å². The molecule has 0 aliphatic heterocycles. The molecule has 45 heavy (non-hydrogen) atoms. The number of amides is 2. The zero-order valence-electron chi connectivity index (χ0n) is 25.9. The van der Waals surface area contributed by atoms with Crippen molar-refractivity contribution in [3.05, 3.63) is 107 Å². The van der Waals surface area contributed by atoms with Crippen molar-refractivity contribution in [2.75, 3.05) is 31.3 Å². The number of carboxylic acid groups (broad SMARTS) is 1. The number of aromatic nitrogens is 1. The first-order valence-electron chi connectivity index (χ1n) is 14.6. The monoisotopic (exact) mass is 610 g/mol. The van der Waals surface area contributed by atoms with E-state index in [4.69, 9.17) is 14.3 Å². The van der Waals surface area contributed by atoms with E-state index in [-0.39, 0.29) is 17.4 Å². The number of hydrogen-bond donors (Lipinski definition) is 3. The van der Waals surface area contributed by atoms with Crippen LogP contribution in [0.25, 0.3) is 11.1 Å². The minimum Gasteiger partial charge on any atom is -0.497 e. The molecule has 0 saturated heterocycles. The third-order valence-corrected chi connectivity index (χ3v) is 7.10. The Morgan fingerprint density at radius 2 is 1.84 bits per heavy atom. The Balaban J connectivity index is 0.000000297. The summed E-state index contributed by atoms with van der Waals surface area (Å²) in [5, 5.41) is 14.4. The molecule has 234 valence electrons. The van der Waals surface area contributed by atoms with Crippen LogP contribution in [0.5, 0.6) is 5.75 Å². The van der Waals surface area contributed by atoms with Gasteiger partial charge in [-0.1, -0.05) is 37.3 Å². The lowest BCUT2D eigenvalue weighted by atomic mass is 10.0. The van der Waals surface area contributed by atoms with Gasteiger partial charge in [-0.3, -0.25) is 9.59 Å². The maximum absolute atomic E-state index is 12.7. The molecule has 5 rings (SSSR count). The maximum atomic E-state index is 12.7. The van der Waals surface area contributed by atoms with Gasteiger partial charge in [0.15, 0.2) is 5.58 Å². The van der Waals surface area contributed by atoms with E-state index in [1.807, 2.05) is 61.7 Å². The highest BCUT2D eigenvalue weighted by Crippen LogP contribution is 2.25. The molecule has 10 nitrogen and oxygen atoms in total. The van der Waals surface area contributed by atoms with Gasteiger partial charge in [-0.15, -0.1) is 0 Å². The summed E-state index contributed by atoms with van der Waals surface area (Å²) in [7, 11) is 3.50. The first-order valence-corrected chi connectivity index (χ1v) is 14.6. The number of oxazole rings is 1. The van der Waals surface area contributed by atoms with Crippen LogP contribution in [0.2, 0.25) is 0 Å². The lowest BCUT2D eigenvalue weighted by molar-refractivity contribution is -0.129. The van der Waals surface area contributed by atoms with Gasteiger partial charge >= 0.3 is 5.97 Å². The third kappa shape index (κ3) is 9.82. The fraction of sp³-hybridized carbons (Fsp3) is 0.257. The largest absolute Gasteiger partial charge is 0.497 e. The number of carboxylic acids is 1. The van der Waals surface area contributed by atoms with Crippen molar-refractivity contribution in [3.63, 3.8) is 0 Å². The summed E-state index contributed by atoms with van der Waals surface area (Å²) in [6.45, 7) is 4.21. The zero-order valence-corrected chi connectivity index (χ0v) is 25.9. The van der Waals surface area contributed by atoms with Crippen LogP contribution in [-0.4, -0.2) is 53.5 Å². The number of carbonyl (C=O) groups is 3. The molecule has 1 heterocycles. The molecule has 0 spiro atoms. The molecule has 3 N–H and O–H groups in total. The second-order valence-electron chi connectivity index (χ2n) is 10.9. The molecule has 1 aliphatic rings. The average molecular weight is 611 g/mol. The summed E-state index contributed by atoms with van der Waals surface area (Å²) < 4.78 is 11.2. The van der Waals surface area contributed by atoms with Crippen molar-refractivity contribution >= 4 is 40.6 Å². The van der Waals surface area contributed by atoms with Crippen molar-refractivity contribution in [2.45, 2.75) is 33.1 Å². The van der Waals surface area contributed by atoms with Crippen LogP contribution in [0.4, 0.5) is 11.7 Å². The second-order valence-corrected chi connectivity index (χ2v) is 10.9. The molecule has 0 saturated carbocycles. The maximum Gasteiger partial charge on any atom is 0.335 e. The Morgan fingerprint density at radius 1 is 1.07 bits per heavy atom. The number of aromatic carboxylic acids is 1. The van der Waals surface area contributed by atoms with Crippen LogP contribution in [0, 0.1) is 5.92 Å². The summed E-state index contributed by atoms with van der Waals surface area (Å²) in [6.07, 6.45) is 8.29. The Morgan fingerprint density at radius 3 is 2.53 bits per heavy atom. The predicted molar refractivity (Wildman–Crippen MR) is 174 cm³/mol. The number of ether oxygens (including phenoxy) is 1. The van der Waals surface area contributed by atoms with E-state index in [0.29, 0.717) is 36.2 Å². The minimum atomic E-state index is -0.977. The minimum absolute atomic E-state index is 0.0678. The van der Waals surface area contributed by atoms with Crippen LogP contribution in [0.15, 0.2) is 95.1 Å². The van der Waals surface area contributed by atoms with Crippen molar-refractivity contribution in [2.24, 2.45) is 5.92 Å². The SMILES string of the molecule is CC(=O)Nc1ccc(C(=O)O)cc1.COc1cccc(CCN(C)C(=O)Cc2ccc3nc(NC4=CC=CC(C)C4)oc3c2)c1. The Bertz CT molecular complexity index is 1710. The highest BCUT2D eigenvalue weighted by molar-refractivity contribution is 5.91. The molecule has 3 aromatic carbocycles. The fourth-order valence-corrected chi connectivity index (χ4v) is 4.67. The standard InChI is InChI=1S/C26H29N3O3.C9H9NO3/c1-18-6-4-8-21(14-18)27-26-28-23-11-10-20(16-24(23)32-26)17-25(30)29(2)13-12-19-7-5-9-22(15-19)31-3;1-6(11)10-8-4-2-7(3-5-8)9(12)13/h4-11,15-16,18H,12-14,17H2,1-3H3,(H,27,28);2-5H,1H3,(H,10,11)(H,12,13). The number of hydrogen-bond acceptors (Lipinski definition) is 7. The summed E-state index contributed by atoms with van der Waals surface area (Å²) in [5.74, 6) is 0.234. The number of allylic oxidation sites excluding steroid dienone is 4. The van der Waals surface area contributed by atoms with E-state index in [1.54, 1.807) is 24.1 Å². The van der Waals surface area contributed by atoms with Crippen LogP contribution >= 0.6 is 0 Å². The van der Waals surface area contributed by atoms with Crippen molar-refractivity contribution < 1.29 is 28.6 Å².